The molecule has 5 heteroatoms. The van der Waals surface area contributed by atoms with Gasteiger partial charge >= 0.3 is 0 Å². The molecule has 0 aliphatic heterocycles. The first-order valence-electron chi connectivity index (χ1n) is 8.42. The van der Waals surface area contributed by atoms with Gasteiger partial charge in [0, 0.05) is 11.8 Å². The van der Waals surface area contributed by atoms with Crippen LogP contribution in [0.2, 0.25) is 0 Å². The van der Waals surface area contributed by atoms with E-state index < -0.39 is 0 Å². The van der Waals surface area contributed by atoms with E-state index in [0.29, 0.717) is 6.04 Å². The predicted molar refractivity (Wildman–Crippen MR) is 92.7 cm³/mol. The fourth-order valence-corrected chi connectivity index (χ4v) is 3.08. The molecule has 23 heavy (non-hydrogen) atoms. The van der Waals surface area contributed by atoms with Crippen LogP contribution >= 0.6 is 0 Å². The van der Waals surface area contributed by atoms with E-state index in [-0.39, 0.29) is 12.5 Å². The molecule has 122 valence electrons. The number of aromatic nitrogens is 2. The van der Waals surface area contributed by atoms with E-state index in [4.69, 9.17) is 0 Å². The van der Waals surface area contributed by atoms with Gasteiger partial charge < -0.3 is 10.6 Å². The Balaban J connectivity index is 1.54. The fraction of sp³-hybridized carbons (Fsp3) is 0.444. The molecule has 1 aromatic heterocycles. The molecule has 0 saturated heterocycles. The second kappa shape index (κ2) is 7.31. The summed E-state index contributed by atoms with van der Waals surface area (Å²) in [6.07, 6.45) is 7.55. The average Bonchev–Trinajstić information content (AvgIpc) is 3.24. The molecule has 2 N–H and O–H groups in total. The largest absolute Gasteiger partial charge is 0.376 e. The Kier molecular flexibility index (Phi) is 4.95. The van der Waals surface area contributed by atoms with Crippen molar-refractivity contribution in [2.45, 2.75) is 45.1 Å². The first-order chi connectivity index (χ1) is 11.3. The quantitative estimate of drug-likeness (QED) is 0.856. The third-order valence-electron chi connectivity index (χ3n) is 4.42. The maximum atomic E-state index is 12.2. The Hall–Kier alpha value is -2.30. The topological polar surface area (TPSA) is 59.0 Å². The molecule has 3 rings (SSSR count). The lowest BCUT2D eigenvalue weighted by molar-refractivity contribution is -0.114. The molecular formula is C18H24N4O. The van der Waals surface area contributed by atoms with Gasteiger partial charge in [-0.05, 0) is 37.0 Å². The zero-order valence-electron chi connectivity index (χ0n) is 13.6. The summed E-state index contributed by atoms with van der Waals surface area (Å²) in [6, 6.07) is 10.5. The monoisotopic (exact) mass is 312 g/mol. The van der Waals surface area contributed by atoms with Crippen molar-refractivity contribution in [2.75, 3.05) is 17.2 Å². The molecule has 1 aliphatic rings. The molecule has 0 spiro atoms. The number of rotatable bonds is 6. The molecule has 1 amide bonds. The molecule has 1 heterocycles. The Morgan fingerprint density at radius 3 is 2.65 bits per heavy atom. The lowest BCUT2D eigenvalue weighted by Crippen LogP contribution is -2.24. The highest BCUT2D eigenvalue weighted by atomic mass is 16.2. The van der Waals surface area contributed by atoms with Crippen LogP contribution in [0.15, 0.2) is 36.5 Å². The van der Waals surface area contributed by atoms with Gasteiger partial charge in [-0.3, -0.25) is 4.79 Å². The smallest absolute Gasteiger partial charge is 0.244 e. The van der Waals surface area contributed by atoms with Gasteiger partial charge in [0.15, 0.2) is 0 Å². The van der Waals surface area contributed by atoms with Crippen LogP contribution in [0.5, 0.6) is 0 Å². The van der Waals surface area contributed by atoms with Crippen LogP contribution in [0.3, 0.4) is 0 Å². The average molecular weight is 312 g/mol. The van der Waals surface area contributed by atoms with E-state index >= 15 is 0 Å². The minimum Gasteiger partial charge on any atom is -0.376 e. The highest BCUT2D eigenvalue weighted by Crippen LogP contribution is 2.31. The van der Waals surface area contributed by atoms with E-state index in [9.17, 15) is 4.79 Å². The number of amides is 1. The van der Waals surface area contributed by atoms with Crippen LogP contribution in [0, 0.1) is 0 Å². The van der Waals surface area contributed by atoms with Crippen LogP contribution < -0.4 is 10.6 Å². The van der Waals surface area contributed by atoms with Gasteiger partial charge in [0.25, 0.3) is 0 Å². The summed E-state index contributed by atoms with van der Waals surface area (Å²) in [7, 11) is 0. The number of benzene rings is 1. The van der Waals surface area contributed by atoms with Crippen LogP contribution in [0.25, 0.3) is 0 Å². The first kappa shape index (κ1) is 15.6. The standard InChI is InChI=1S/C18H24N4O/c1-2-14-7-9-15(10-8-14)19-13-18(23)21-17-11-12-20-22(17)16-5-3-4-6-16/h7-12,16,19H,2-6,13H2,1H3,(H,21,23). The first-order valence-corrected chi connectivity index (χ1v) is 8.42. The van der Waals surface area contributed by atoms with E-state index in [0.717, 1.165) is 30.8 Å². The highest BCUT2D eigenvalue weighted by molar-refractivity contribution is 5.93. The van der Waals surface area contributed by atoms with E-state index in [2.05, 4.69) is 34.8 Å². The van der Waals surface area contributed by atoms with Crippen molar-refractivity contribution in [3.8, 4) is 0 Å². The van der Waals surface area contributed by atoms with Crippen molar-refractivity contribution in [2.24, 2.45) is 0 Å². The van der Waals surface area contributed by atoms with Crippen molar-refractivity contribution in [1.82, 2.24) is 9.78 Å². The molecule has 1 fully saturated rings. The van der Waals surface area contributed by atoms with Crippen LogP contribution in [0.4, 0.5) is 11.5 Å². The number of carbonyl (C=O) groups excluding carboxylic acids is 1. The number of nitrogens with zero attached hydrogens (tertiary/aromatic N) is 2. The Morgan fingerprint density at radius 1 is 1.22 bits per heavy atom. The van der Waals surface area contributed by atoms with Crippen LogP contribution in [0.1, 0.15) is 44.2 Å². The lowest BCUT2D eigenvalue weighted by atomic mass is 10.1. The number of anilines is 2. The Labute approximate surface area is 137 Å². The zero-order chi connectivity index (χ0) is 16.1. The molecule has 0 bridgehead atoms. The lowest BCUT2D eigenvalue weighted by Gasteiger charge is -2.15. The minimum absolute atomic E-state index is 0.0516. The van der Waals surface area contributed by atoms with Crippen molar-refractivity contribution >= 4 is 17.4 Å². The highest BCUT2D eigenvalue weighted by Gasteiger charge is 2.20. The maximum Gasteiger partial charge on any atom is 0.244 e. The normalized spacial score (nSPS) is 14.8. The Morgan fingerprint density at radius 2 is 1.96 bits per heavy atom. The molecule has 0 unspecified atom stereocenters. The number of nitrogens with one attached hydrogen (secondary N) is 2. The summed E-state index contributed by atoms with van der Waals surface area (Å²) >= 11 is 0. The van der Waals surface area contributed by atoms with E-state index in [1.807, 2.05) is 22.9 Å². The van der Waals surface area contributed by atoms with Gasteiger partial charge in [-0.25, -0.2) is 4.68 Å². The van der Waals surface area contributed by atoms with Gasteiger partial charge in [-0.15, -0.1) is 0 Å². The predicted octanol–water partition coefficient (Wildman–Crippen LogP) is 3.61. The van der Waals surface area contributed by atoms with Crippen molar-refractivity contribution in [3.63, 3.8) is 0 Å². The van der Waals surface area contributed by atoms with Crippen LogP contribution in [-0.2, 0) is 11.2 Å². The summed E-state index contributed by atoms with van der Waals surface area (Å²) < 4.78 is 1.96. The molecule has 0 radical (unpaired) electrons. The number of hydrogen-bond donors (Lipinski definition) is 2. The Bertz CT molecular complexity index is 641. The van der Waals surface area contributed by atoms with Gasteiger partial charge in [-0.1, -0.05) is 31.9 Å². The van der Waals surface area contributed by atoms with E-state index in [1.165, 1.54) is 18.4 Å². The third kappa shape index (κ3) is 3.92. The van der Waals surface area contributed by atoms with E-state index in [1.54, 1.807) is 6.20 Å². The van der Waals surface area contributed by atoms with Crippen molar-refractivity contribution in [3.05, 3.63) is 42.1 Å². The minimum atomic E-state index is -0.0516. The molecule has 1 aliphatic carbocycles. The summed E-state index contributed by atoms with van der Waals surface area (Å²) in [6.45, 7) is 2.38. The summed E-state index contributed by atoms with van der Waals surface area (Å²) in [5, 5.41) is 10.5. The number of hydrogen-bond acceptors (Lipinski definition) is 3. The molecule has 0 atom stereocenters. The number of aryl methyl sites for hydroxylation is 1. The summed E-state index contributed by atoms with van der Waals surface area (Å²) in [5.74, 6) is 0.745. The SMILES string of the molecule is CCc1ccc(NCC(=O)Nc2ccnn2C2CCCC2)cc1. The van der Waals surface area contributed by atoms with Crippen LogP contribution in [-0.4, -0.2) is 22.2 Å². The van der Waals surface area contributed by atoms with Crippen molar-refractivity contribution < 1.29 is 4.79 Å². The van der Waals surface area contributed by atoms with Crippen molar-refractivity contribution in [1.29, 1.82) is 0 Å². The van der Waals surface area contributed by atoms with Gasteiger partial charge in [0.1, 0.15) is 5.82 Å². The second-order valence-corrected chi connectivity index (χ2v) is 6.05. The van der Waals surface area contributed by atoms with Gasteiger partial charge in [0.05, 0.1) is 18.8 Å². The molecule has 2 aromatic rings. The third-order valence-corrected chi connectivity index (χ3v) is 4.42. The molecule has 1 aromatic carbocycles. The van der Waals surface area contributed by atoms with Gasteiger partial charge in [-0.2, -0.15) is 5.10 Å². The summed E-state index contributed by atoms with van der Waals surface area (Å²) in [5.41, 5.74) is 2.25. The molecule has 1 saturated carbocycles. The molecule has 5 nitrogen and oxygen atoms in total. The molecular weight excluding hydrogens is 288 g/mol. The maximum absolute atomic E-state index is 12.2. The zero-order valence-corrected chi connectivity index (χ0v) is 13.6. The summed E-state index contributed by atoms with van der Waals surface area (Å²) in [4.78, 5) is 12.2. The second-order valence-electron chi connectivity index (χ2n) is 6.05. The number of carbonyl (C=O) groups is 1. The fourth-order valence-electron chi connectivity index (χ4n) is 3.08. The van der Waals surface area contributed by atoms with Gasteiger partial charge in [0.2, 0.25) is 5.91 Å².